The number of carbonyl (C=O) groups is 2. The molecule has 0 unspecified atom stereocenters. The molecule has 39 heavy (non-hydrogen) atoms. The van der Waals surface area contributed by atoms with Crippen molar-refractivity contribution in [3.63, 3.8) is 0 Å². The largest absolute Gasteiger partial charge is 0.495 e. The van der Waals surface area contributed by atoms with Crippen LogP contribution in [0.1, 0.15) is 11.1 Å². The molecule has 1 aliphatic heterocycles. The molecule has 2 N–H and O–H groups in total. The van der Waals surface area contributed by atoms with Gasteiger partial charge in [-0.15, -0.1) is 0 Å². The van der Waals surface area contributed by atoms with Gasteiger partial charge in [-0.1, -0.05) is 6.07 Å². The highest BCUT2D eigenvalue weighted by Gasteiger charge is 2.33. The summed E-state index contributed by atoms with van der Waals surface area (Å²) in [7, 11) is -1.55. The van der Waals surface area contributed by atoms with Crippen LogP contribution in [0.5, 0.6) is 5.75 Å². The third kappa shape index (κ3) is 6.92. The Morgan fingerprint density at radius 2 is 1.90 bits per heavy atom. The second-order valence-corrected chi connectivity index (χ2v) is 10.00. The van der Waals surface area contributed by atoms with Crippen LogP contribution in [0, 0.1) is 11.6 Å². The van der Waals surface area contributed by atoms with Crippen LogP contribution in [-0.2, 0) is 27.8 Å². The van der Waals surface area contributed by atoms with Crippen LogP contribution in [0.3, 0.4) is 0 Å². The number of ether oxygens (including phenoxy) is 1. The maximum absolute atomic E-state index is 13.8. The van der Waals surface area contributed by atoms with Crippen LogP contribution in [-0.4, -0.2) is 57.1 Å². The number of anilines is 2. The van der Waals surface area contributed by atoms with E-state index in [2.05, 4.69) is 15.3 Å². The number of likely N-dealkylation sites (N-methyl/N-ethyl adjacent to an activating group) is 1. The maximum atomic E-state index is 13.8. The van der Waals surface area contributed by atoms with E-state index in [1.165, 1.54) is 38.8 Å². The number of fused-ring (bicyclic) bond motifs is 1. The first-order valence-electron chi connectivity index (χ1n) is 11.3. The van der Waals surface area contributed by atoms with Gasteiger partial charge in [0.05, 0.1) is 25.2 Å². The van der Waals surface area contributed by atoms with Crippen LogP contribution >= 0.6 is 13.5 Å². The lowest BCUT2D eigenvalue weighted by Crippen LogP contribution is -2.54. The average molecular weight is 581 g/mol. The van der Waals surface area contributed by atoms with Gasteiger partial charge in [-0.3, -0.25) is 9.78 Å². The second kappa shape index (κ2) is 12.3. The van der Waals surface area contributed by atoms with Gasteiger partial charge in [0.25, 0.3) is 0 Å². The number of nitrogens with one attached hydrogen (secondary N) is 2. The van der Waals surface area contributed by atoms with Crippen molar-refractivity contribution in [3.8, 4) is 5.75 Å². The van der Waals surface area contributed by atoms with E-state index in [1.54, 1.807) is 12.1 Å². The Balaban J connectivity index is 0.00000420. The average Bonchev–Trinajstić information content (AvgIpc) is 3.32. The van der Waals surface area contributed by atoms with Crippen LogP contribution in [0.2, 0.25) is 0 Å². The molecule has 1 aliphatic rings. The van der Waals surface area contributed by atoms with E-state index >= 15 is 0 Å². The van der Waals surface area contributed by atoms with Crippen LogP contribution in [0.15, 0.2) is 55.0 Å². The molecule has 15 heteroatoms. The number of methoxy groups -OCH3 is 1. The summed E-state index contributed by atoms with van der Waals surface area (Å²) in [5, 5.41) is 2.32. The van der Waals surface area contributed by atoms with E-state index in [0.717, 1.165) is 21.3 Å². The summed E-state index contributed by atoms with van der Waals surface area (Å²) in [6.07, 6.45) is 4.31. The third-order valence-electron chi connectivity index (χ3n) is 5.82. The zero-order chi connectivity index (χ0) is 27.4. The minimum absolute atomic E-state index is 0. The predicted octanol–water partition coefficient (Wildman–Crippen LogP) is 2.06. The van der Waals surface area contributed by atoms with Crippen LogP contribution in [0.25, 0.3) is 0 Å². The second-order valence-electron chi connectivity index (χ2n) is 8.40. The normalized spacial score (nSPS) is 13.1. The number of hydrogen-bond acceptors (Lipinski definition) is 7. The molecule has 3 aromatic rings. The topological polar surface area (TPSA) is 134 Å². The van der Waals surface area contributed by atoms with Crippen molar-refractivity contribution in [1.82, 2.24) is 20.0 Å². The van der Waals surface area contributed by atoms with Crippen LogP contribution < -0.4 is 24.0 Å². The summed E-state index contributed by atoms with van der Waals surface area (Å²) in [6, 6.07) is 5.01. The molecule has 0 saturated heterocycles. The lowest BCUT2D eigenvalue weighted by atomic mass is 10.0. The monoisotopic (exact) mass is 580 g/mol. The van der Waals surface area contributed by atoms with Gasteiger partial charge < -0.3 is 15.0 Å². The van der Waals surface area contributed by atoms with Crippen molar-refractivity contribution in [1.29, 1.82) is 0 Å². The number of hydrogen-bond donors (Lipinski definition) is 2. The van der Waals surface area contributed by atoms with E-state index in [1.807, 2.05) is 4.72 Å². The van der Waals surface area contributed by atoms with Gasteiger partial charge in [-0.2, -0.15) is 21.9 Å². The molecule has 208 valence electrons. The molecule has 0 aliphatic carbocycles. The van der Waals surface area contributed by atoms with Gasteiger partial charge >= 0.3 is 16.2 Å². The van der Waals surface area contributed by atoms with Gasteiger partial charge in [0.15, 0.2) is 0 Å². The van der Waals surface area contributed by atoms with E-state index in [4.69, 9.17) is 4.74 Å². The molecular weight excluding hydrogens is 554 g/mol. The Kier molecular flexibility index (Phi) is 9.29. The first-order chi connectivity index (χ1) is 18.1. The third-order valence-corrected chi connectivity index (χ3v) is 7.20. The SMILES string of the molecule is COc1cncc(N(C)C(=O)[C@H](Cc2cc(F)cc(F)c2)NC(=O)NS(=O)(=O)N2CCc3cccnc32)c1.S. The maximum Gasteiger partial charge on any atom is 0.330 e. The number of halogens is 2. The smallest absolute Gasteiger partial charge is 0.330 e. The van der Waals surface area contributed by atoms with E-state index < -0.39 is 39.8 Å². The number of benzene rings is 1. The molecule has 0 spiro atoms. The quantitative estimate of drug-likeness (QED) is 0.417. The molecule has 3 heterocycles. The molecule has 4 rings (SSSR count). The van der Waals surface area contributed by atoms with Gasteiger partial charge in [0.2, 0.25) is 5.91 Å². The van der Waals surface area contributed by atoms with Crippen molar-refractivity contribution >= 4 is 47.1 Å². The fourth-order valence-electron chi connectivity index (χ4n) is 4.00. The first-order valence-corrected chi connectivity index (χ1v) is 12.8. The standard InChI is InChI=1S/C24H24F2N6O5S.H2S/c1-31(19-12-20(37-2)14-27-13-19)23(33)21(10-15-8-17(25)11-18(26)9-15)29-24(34)30-38(35,36)32-7-5-16-4-3-6-28-22(16)32;/h3-4,6,8-9,11-14,21H,5,7,10H2,1-2H3,(H2,29,30,34);1H2/t21-;/m0./s1. The fourth-order valence-corrected chi connectivity index (χ4v) is 5.13. The van der Waals surface area contributed by atoms with Gasteiger partial charge in [0.1, 0.15) is 29.2 Å². The van der Waals surface area contributed by atoms with E-state index in [0.29, 0.717) is 29.5 Å². The van der Waals surface area contributed by atoms with Gasteiger partial charge in [0, 0.05) is 38.3 Å². The predicted molar refractivity (Wildman–Crippen MR) is 144 cm³/mol. The Morgan fingerprint density at radius 1 is 1.18 bits per heavy atom. The van der Waals surface area contributed by atoms with Crippen molar-refractivity contribution in [2.24, 2.45) is 0 Å². The zero-order valence-corrected chi connectivity index (χ0v) is 22.7. The minimum Gasteiger partial charge on any atom is -0.495 e. The number of amides is 3. The number of rotatable bonds is 8. The highest BCUT2D eigenvalue weighted by Crippen LogP contribution is 2.27. The molecule has 2 aromatic heterocycles. The fraction of sp³-hybridized carbons (Fsp3) is 0.250. The number of urea groups is 1. The highest BCUT2D eigenvalue weighted by atomic mass is 32.2. The molecule has 0 radical (unpaired) electrons. The molecule has 0 fully saturated rings. The summed E-state index contributed by atoms with van der Waals surface area (Å²) in [5.74, 6) is -1.89. The Labute approximate surface area is 230 Å². The summed E-state index contributed by atoms with van der Waals surface area (Å²) in [4.78, 5) is 35.4. The summed E-state index contributed by atoms with van der Waals surface area (Å²) < 4.78 is 61.5. The highest BCUT2D eigenvalue weighted by molar-refractivity contribution is 7.91. The number of aromatic nitrogens is 2. The summed E-state index contributed by atoms with van der Waals surface area (Å²) in [5.41, 5.74) is 1.08. The summed E-state index contributed by atoms with van der Waals surface area (Å²) in [6.45, 7) is 0.0749. The molecular formula is C24H26F2N6O5S2. The first kappa shape index (κ1) is 29.6. The minimum atomic E-state index is -4.37. The molecule has 1 atom stereocenters. The van der Waals surface area contributed by atoms with Gasteiger partial charge in [-0.05, 0) is 35.7 Å². The van der Waals surface area contributed by atoms with E-state index in [9.17, 15) is 26.8 Å². The molecule has 3 amide bonds. The number of nitrogens with zero attached hydrogens (tertiary/aromatic N) is 4. The number of carbonyl (C=O) groups excluding carboxylic acids is 2. The van der Waals surface area contributed by atoms with Crippen molar-refractivity contribution < 1.29 is 31.5 Å². The van der Waals surface area contributed by atoms with Crippen molar-refractivity contribution in [3.05, 3.63) is 77.8 Å². The zero-order valence-electron chi connectivity index (χ0n) is 20.9. The van der Waals surface area contributed by atoms with Gasteiger partial charge in [-0.25, -0.2) is 27.6 Å². The lowest BCUT2D eigenvalue weighted by Gasteiger charge is -2.25. The van der Waals surface area contributed by atoms with E-state index in [-0.39, 0.29) is 37.8 Å². The number of pyridine rings is 2. The Hall–Kier alpha value is -3.98. The van der Waals surface area contributed by atoms with Crippen LogP contribution in [0.4, 0.5) is 25.1 Å². The Bertz CT molecular complexity index is 1460. The lowest BCUT2D eigenvalue weighted by molar-refractivity contribution is -0.120. The molecule has 0 saturated carbocycles. The molecule has 0 bridgehead atoms. The Morgan fingerprint density at radius 3 is 2.59 bits per heavy atom. The van der Waals surface area contributed by atoms with Crippen molar-refractivity contribution in [2.75, 3.05) is 29.9 Å². The molecule has 11 nitrogen and oxygen atoms in total. The molecule has 1 aromatic carbocycles. The van der Waals surface area contributed by atoms with Crippen molar-refractivity contribution in [2.45, 2.75) is 18.9 Å². The summed E-state index contributed by atoms with van der Waals surface area (Å²) >= 11 is 0.